The van der Waals surface area contributed by atoms with E-state index in [-0.39, 0.29) is 42.2 Å². The maximum atomic E-state index is 14.7. The fraction of sp³-hybridized carbons (Fsp3) is 0.429. The van der Waals surface area contributed by atoms with Gasteiger partial charge in [0.1, 0.15) is 17.2 Å². The minimum absolute atomic E-state index is 0.145. The van der Waals surface area contributed by atoms with Gasteiger partial charge in [-0.1, -0.05) is 11.6 Å². The van der Waals surface area contributed by atoms with Gasteiger partial charge >= 0.3 is 0 Å². The van der Waals surface area contributed by atoms with Crippen LogP contribution in [0.1, 0.15) is 24.3 Å². The van der Waals surface area contributed by atoms with Crippen LogP contribution in [0.3, 0.4) is 0 Å². The molecule has 4 aliphatic heterocycles. The summed E-state index contributed by atoms with van der Waals surface area (Å²) in [6.07, 6.45) is 2.46. The molecule has 55 heavy (non-hydrogen) atoms. The molecule has 6 unspecified atom stereocenters. The number of nitrogens with zero attached hydrogens (tertiary/aromatic N) is 4. The van der Waals surface area contributed by atoms with E-state index >= 15 is 0 Å². The number of allylic oxidation sites excluding steroid dienone is 2. The molecule has 13 nitrogen and oxygen atoms in total. The molecule has 3 aromatic rings. The molecule has 9 rings (SSSR count). The Morgan fingerprint density at radius 1 is 0.618 bits per heavy atom. The molecule has 0 bridgehead atoms. The summed E-state index contributed by atoms with van der Waals surface area (Å²) in [7, 11) is 2.96. The quantitative estimate of drug-likeness (QED) is 0.276. The lowest BCUT2D eigenvalue weighted by molar-refractivity contribution is -0.126. The summed E-state index contributed by atoms with van der Waals surface area (Å²) in [5.74, 6) is -5.22. The largest absolute Gasteiger partial charge is 0.507 e. The average molecular weight is 749 g/mol. The SMILES string of the molecule is COc1cc(O)c(C2C3=CCC4C(=O)N(c5ccc(N6CCOCC6)cc5)C(=O)C4C3CC3C(=O)N(c4ccc(N5CCOCC5)cc4)C(=O)C32)c(OC)c1. The summed E-state index contributed by atoms with van der Waals surface area (Å²) in [6.45, 7) is 5.55. The zero-order valence-electron chi connectivity index (χ0n) is 30.9. The van der Waals surface area contributed by atoms with E-state index in [1.165, 1.54) is 30.1 Å². The molecule has 0 aromatic heterocycles. The van der Waals surface area contributed by atoms with Crippen LogP contribution >= 0.6 is 0 Å². The Morgan fingerprint density at radius 3 is 1.65 bits per heavy atom. The van der Waals surface area contributed by atoms with Gasteiger partial charge in [0.15, 0.2) is 0 Å². The summed E-state index contributed by atoms with van der Waals surface area (Å²) in [4.78, 5) is 65.0. The average Bonchev–Trinajstić information content (AvgIpc) is 3.64. The zero-order chi connectivity index (χ0) is 38.0. The Bertz CT molecular complexity index is 2060. The molecule has 4 saturated heterocycles. The van der Waals surface area contributed by atoms with Gasteiger partial charge in [-0.05, 0) is 67.3 Å². The maximum absolute atomic E-state index is 14.7. The van der Waals surface area contributed by atoms with Crippen LogP contribution in [0, 0.1) is 29.6 Å². The highest BCUT2D eigenvalue weighted by Crippen LogP contribution is 2.61. The first-order chi connectivity index (χ1) is 26.8. The van der Waals surface area contributed by atoms with Gasteiger partial charge in [-0.15, -0.1) is 0 Å². The van der Waals surface area contributed by atoms with Crippen LogP contribution in [-0.4, -0.2) is 95.6 Å². The van der Waals surface area contributed by atoms with E-state index in [0.717, 1.165) is 43.1 Å². The molecular formula is C42H44N4O9. The zero-order valence-corrected chi connectivity index (χ0v) is 30.9. The second-order valence-electron chi connectivity index (χ2n) is 15.0. The topological polar surface area (TPSA) is 138 Å². The lowest BCUT2D eigenvalue weighted by atomic mass is 9.57. The van der Waals surface area contributed by atoms with E-state index < -0.39 is 35.5 Å². The van der Waals surface area contributed by atoms with Crippen molar-refractivity contribution in [1.29, 1.82) is 0 Å². The van der Waals surface area contributed by atoms with Gasteiger partial charge in [0.2, 0.25) is 23.6 Å². The Hall–Kier alpha value is -5.40. The van der Waals surface area contributed by atoms with Crippen molar-refractivity contribution in [3.63, 3.8) is 0 Å². The summed E-state index contributed by atoms with van der Waals surface area (Å²) >= 11 is 0. The van der Waals surface area contributed by atoms with Crippen LogP contribution in [0.25, 0.3) is 0 Å². The second-order valence-corrected chi connectivity index (χ2v) is 15.0. The number of methoxy groups -OCH3 is 2. The molecule has 3 aromatic carbocycles. The van der Waals surface area contributed by atoms with Gasteiger partial charge < -0.3 is 33.9 Å². The molecule has 0 radical (unpaired) electrons. The number of anilines is 4. The van der Waals surface area contributed by atoms with Gasteiger partial charge in [-0.2, -0.15) is 0 Å². The van der Waals surface area contributed by atoms with Crippen molar-refractivity contribution < 1.29 is 43.2 Å². The number of phenols is 1. The molecule has 1 saturated carbocycles. The van der Waals surface area contributed by atoms with Crippen molar-refractivity contribution in [2.45, 2.75) is 18.8 Å². The third kappa shape index (κ3) is 5.74. The third-order valence-corrected chi connectivity index (χ3v) is 12.5. The number of morpholine rings is 2. The predicted octanol–water partition coefficient (Wildman–Crippen LogP) is 4.13. The summed E-state index contributed by atoms with van der Waals surface area (Å²) in [5.41, 5.74) is 4.04. The molecule has 13 heteroatoms. The molecule has 4 amide bonds. The second kappa shape index (κ2) is 14.0. The summed E-state index contributed by atoms with van der Waals surface area (Å²) < 4.78 is 22.2. The molecule has 6 aliphatic rings. The number of carbonyl (C=O) groups is 4. The normalized spacial score (nSPS) is 27.9. The molecule has 0 spiro atoms. The lowest BCUT2D eigenvalue weighted by Gasteiger charge is -2.44. The summed E-state index contributed by atoms with van der Waals surface area (Å²) in [6, 6.07) is 18.0. The Morgan fingerprint density at radius 2 is 1.13 bits per heavy atom. The van der Waals surface area contributed by atoms with E-state index in [1.807, 2.05) is 42.5 Å². The van der Waals surface area contributed by atoms with Crippen molar-refractivity contribution in [2.24, 2.45) is 29.6 Å². The number of hydrogen-bond donors (Lipinski definition) is 1. The highest BCUT2D eigenvalue weighted by molar-refractivity contribution is 6.24. The Labute approximate surface area is 319 Å². The van der Waals surface area contributed by atoms with Gasteiger partial charge in [0.05, 0.1) is 75.7 Å². The molecule has 286 valence electrons. The number of phenolic OH excluding ortho intramolecular Hbond substituents is 1. The summed E-state index contributed by atoms with van der Waals surface area (Å²) in [5, 5.41) is 11.6. The first kappa shape index (κ1) is 35.3. The number of aromatic hydroxyl groups is 1. The van der Waals surface area contributed by atoms with Crippen LogP contribution in [0.15, 0.2) is 72.3 Å². The van der Waals surface area contributed by atoms with E-state index in [2.05, 4.69) is 9.80 Å². The van der Waals surface area contributed by atoms with Crippen LogP contribution < -0.4 is 29.1 Å². The number of fused-ring (bicyclic) bond motifs is 4. The number of imide groups is 2. The molecule has 6 atom stereocenters. The lowest BCUT2D eigenvalue weighted by Crippen LogP contribution is -2.43. The Balaban J connectivity index is 1.08. The monoisotopic (exact) mass is 748 g/mol. The smallest absolute Gasteiger partial charge is 0.238 e. The standard InChI is InChI=1S/C42H44N4O9/c1-52-28-21-33(47)38(34(22-28)53-2)36-29-11-12-30-35(41(50)45(39(30)48)26-7-3-24(4-8-26)43-13-17-54-18-14-43)31(29)23-32-37(36)42(51)46(40(32)49)27-9-5-25(6-10-27)44-15-19-55-20-16-44/h3-11,21-22,30-32,35-37,47H,12-20,23H2,1-2H3. The van der Waals surface area contributed by atoms with Gasteiger partial charge in [0, 0.05) is 61.2 Å². The van der Waals surface area contributed by atoms with Crippen molar-refractivity contribution in [2.75, 3.05) is 86.4 Å². The van der Waals surface area contributed by atoms with Crippen molar-refractivity contribution in [3.05, 3.63) is 77.9 Å². The van der Waals surface area contributed by atoms with E-state index in [1.54, 1.807) is 18.2 Å². The number of ether oxygens (including phenoxy) is 4. The van der Waals surface area contributed by atoms with Crippen LogP contribution in [0.2, 0.25) is 0 Å². The number of hydrogen-bond acceptors (Lipinski definition) is 11. The number of benzene rings is 3. The first-order valence-electron chi connectivity index (χ1n) is 19.0. The van der Waals surface area contributed by atoms with Crippen LogP contribution in [0.4, 0.5) is 22.7 Å². The van der Waals surface area contributed by atoms with Crippen LogP contribution in [0.5, 0.6) is 17.2 Å². The van der Waals surface area contributed by atoms with Crippen molar-refractivity contribution in [1.82, 2.24) is 0 Å². The van der Waals surface area contributed by atoms with Gasteiger partial charge in [0.25, 0.3) is 0 Å². The predicted molar refractivity (Wildman–Crippen MR) is 203 cm³/mol. The fourth-order valence-corrected chi connectivity index (χ4v) is 9.87. The van der Waals surface area contributed by atoms with Gasteiger partial charge in [-0.3, -0.25) is 29.0 Å². The minimum atomic E-state index is -0.880. The third-order valence-electron chi connectivity index (χ3n) is 12.5. The van der Waals surface area contributed by atoms with E-state index in [0.29, 0.717) is 54.9 Å². The number of carbonyl (C=O) groups excluding carboxylic acids is 4. The van der Waals surface area contributed by atoms with Gasteiger partial charge in [-0.25, -0.2) is 0 Å². The number of rotatable bonds is 7. The van der Waals surface area contributed by atoms with E-state index in [4.69, 9.17) is 18.9 Å². The van der Waals surface area contributed by atoms with Crippen LogP contribution in [-0.2, 0) is 28.7 Å². The maximum Gasteiger partial charge on any atom is 0.238 e. The number of amides is 4. The molecule has 1 N–H and O–H groups in total. The van der Waals surface area contributed by atoms with Crippen molar-refractivity contribution >= 4 is 46.4 Å². The molecule has 2 aliphatic carbocycles. The first-order valence-corrected chi connectivity index (χ1v) is 19.0. The van der Waals surface area contributed by atoms with Crippen molar-refractivity contribution in [3.8, 4) is 17.2 Å². The van der Waals surface area contributed by atoms with E-state index in [9.17, 15) is 24.3 Å². The minimum Gasteiger partial charge on any atom is -0.507 e. The molecule has 4 heterocycles. The molecular weight excluding hydrogens is 704 g/mol. The highest BCUT2D eigenvalue weighted by Gasteiger charge is 2.63. The fourth-order valence-electron chi connectivity index (χ4n) is 9.87. The Kier molecular flexibility index (Phi) is 9.01. The highest BCUT2D eigenvalue weighted by atomic mass is 16.5. The molecule has 5 fully saturated rings.